The fourth-order valence-corrected chi connectivity index (χ4v) is 2.84. The van der Waals surface area contributed by atoms with Gasteiger partial charge in [0.25, 0.3) is 11.6 Å². The molecule has 1 aromatic carbocycles. The minimum atomic E-state index is -0.482. The number of aromatic nitrogens is 4. The second-order valence-corrected chi connectivity index (χ2v) is 6.04. The Morgan fingerprint density at radius 2 is 2.15 bits per heavy atom. The summed E-state index contributed by atoms with van der Waals surface area (Å²) < 4.78 is 1.11. The molecule has 0 aliphatic carbocycles. The van der Waals surface area contributed by atoms with Crippen molar-refractivity contribution in [1.82, 2.24) is 25.6 Å². The maximum absolute atomic E-state index is 11.8. The van der Waals surface area contributed by atoms with Crippen molar-refractivity contribution in [2.45, 2.75) is 25.8 Å². The van der Waals surface area contributed by atoms with Crippen LogP contribution in [0.15, 0.2) is 23.3 Å². The lowest BCUT2D eigenvalue weighted by Crippen LogP contribution is -2.30. The normalized spacial score (nSPS) is 14.4. The molecule has 1 fully saturated rings. The number of rotatable bonds is 6. The number of nitrogens with one attached hydrogen (secondary N) is 1. The van der Waals surface area contributed by atoms with Crippen molar-refractivity contribution < 1.29 is 9.72 Å². The lowest BCUT2D eigenvalue weighted by Gasteiger charge is -2.28. The molecule has 3 rings (SSSR count). The first-order valence-corrected chi connectivity index (χ1v) is 8.41. The molecule has 1 amide bonds. The van der Waals surface area contributed by atoms with Gasteiger partial charge in [-0.05, 0) is 35.8 Å². The molecule has 0 saturated carbocycles. The highest BCUT2D eigenvalue weighted by molar-refractivity contribution is 5.85. The van der Waals surface area contributed by atoms with Crippen LogP contribution in [0.5, 0.6) is 0 Å². The highest BCUT2D eigenvalue weighted by Crippen LogP contribution is 2.30. The number of hydrogen-bond acceptors (Lipinski definition) is 9. The average Bonchev–Trinajstić information content (AvgIpc) is 3.07. The van der Waals surface area contributed by atoms with Crippen LogP contribution < -0.4 is 16.1 Å². The van der Waals surface area contributed by atoms with E-state index in [9.17, 15) is 14.9 Å². The molecule has 0 atom stereocenters. The molecule has 0 unspecified atom stereocenters. The molecule has 1 aliphatic rings. The van der Waals surface area contributed by atoms with Crippen LogP contribution in [0.4, 0.5) is 17.3 Å². The van der Waals surface area contributed by atoms with E-state index in [1.54, 1.807) is 12.1 Å². The third-order valence-corrected chi connectivity index (χ3v) is 4.15. The number of nitro groups is 1. The van der Waals surface area contributed by atoms with Crippen LogP contribution in [0.1, 0.15) is 24.8 Å². The molecule has 27 heavy (non-hydrogen) atoms. The van der Waals surface area contributed by atoms with Crippen molar-refractivity contribution in [3.05, 3.63) is 33.9 Å². The summed E-state index contributed by atoms with van der Waals surface area (Å²) in [5.41, 5.74) is 8.90. The average molecular weight is 373 g/mol. The van der Waals surface area contributed by atoms with Crippen molar-refractivity contribution in [2.75, 3.05) is 23.7 Å². The van der Waals surface area contributed by atoms with E-state index in [-0.39, 0.29) is 18.2 Å². The van der Waals surface area contributed by atoms with E-state index in [1.807, 2.05) is 4.90 Å². The second-order valence-electron chi connectivity index (χ2n) is 6.04. The fraction of sp³-hybridized carbons (Fsp3) is 0.400. The van der Waals surface area contributed by atoms with Gasteiger partial charge in [-0.1, -0.05) is 11.2 Å². The summed E-state index contributed by atoms with van der Waals surface area (Å²) in [5, 5.41) is 25.6. The van der Waals surface area contributed by atoms with E-state index in [0.717, 1.165) is 37.0 Å². The predicted molar refractivity (Wildman–Crippen MR) is 97.1 cm³/mol. The third kappa shape index (κ3) is 4.54. The number of anilines is 2. The Morgan fingerprint density at radius 3 is 2.81 bits per heavy atom. The number of piperidine rings is 1. The van der Waals surface area contributed by atoms with Gasteiger partial charge in [-0.25, -0.2) is 10.1 Å². The highest BCUT2D eigenvalue weighted by atomic mass is 16.6. The summed E-state index contributed by atoms with van der Waals surface area (Å²) in [5.74, 6) is -0.470. The Hall–Kier alpha value is -3.57. The number of nitrogen functional groups attached to an aromatic ring is 1. The smallest absolute Gasteiger partial charge is 0.293 e. The van der Waals surface area contributed by atoms with E-state index in [1.165, 1.54) is 12.3 Å². The number of benzene rings is 1. The second kappa shape index (κ2) is 8.21. The summed E-state index contributed by atoms with van der Waals surface area (Å²) in [6, 6.07) is 4.89. The molecule has 1 aliphatic heterocycles. The number of carbonyl (C=O) groups excluding carboxylic acids is 1. The van der Waals surface area contributed by atoms with Crippen molar-refractivity contribution >= 4 is 29.4 Å². The van der Waals surface area contributed by atoms with Crippen molar-refractivity contribution in [2.24, 2.45) is 5.10 Å². The van der Waals surface area contributed by atoms with E-state index in [0.29, 0.717) is 11.3 Å². The van der Waals surface area contributed by atoms with Gasteiger partial charge in [-0.3, -0.25) is 14.9 Å². The minimum absolute atomic E-state index is 0.0121. The Kier molecular flexibility index (Phi) is 5.54. The number of carbonyl (C=O) groups is 1. The largest absolute Gasteiger partial charge is 0.367 e. The molecule has 1 aromatic heterocycles. The zero-order valence-electron chi connectivity index (χ0n) is 14.5. The molecule has 2 aromatic rings. The van der Waals surface area contributed by atoms with Crippen LogP contribution in [0.3, 0.4) is 0 Å². The van der Waals surface area contributed by atoms with Crippen LogP contribution >= 0.6 is 0 Å². The van der Waals surface area contributed by atoms with Gasteiger partial charge in [0.05, 0.1) is 11.1 Å². The Bertz CT molecular complexity index is 858. The molecule has 142 valence electrons. The summed E-state index contributed by atoms with van der Waals surface area (Å²) in [6.07, 6.45) is 4.54. The molecule has 1 saturated heterocycles. The Morgan fingerprint density at radius 1 is 1.37 bits per heavy atom. The molecular weight excluding hydrogens is 354 g/mol. The summed E-state index contributed by atoms with van der Waals surface area (Å²) in [7, 11) is 0. The quantitative estimate of drug-likeness (QED) is 0.416. The van der Waals surface area contributed by atoms with Gasteiger partial charge in [0.1, 0.15) is 12.2 Å². The maximum Gasteiger partial charge on any atom is 0.293 e. The van der Waals surface area contributed by atoms with Gasteiger partial charge in [0, 0.05) is 24.7 Å². The van der Waals surface area contributed by atoms with Gasteiger partial charge in [0.2, 0.25) is 5.95 Å². The van der Waals surface area contributed by atoms with Gasteiger partial charge >= 0.3 is 0 Å². The fourth-order valence-electron chi connectivity index (χ4n) is 2.84. The SMILES string of the molecule is Nc1nnnn1CC(=O)N/N=C\c1ccc(N2CCCCC2)c([N+](=O)[O-])c1. The monoisotopic (exact) mass is 373 g/mol. The predicted octanol–water partition coefficient (Wildman–Crippen LogP) is 0.304. The molecule has 12 nitrogen and oxygen atoms in total. The van der Waals surface area contributed by atoms with Crippen molar-refractivity contribution in [3.8, 4) is 0 Å². The van der Waals surface area contributed by atoms with Gasteiger partial charge in [-0.2, -0.15) is 5.10 Å². The Labute approximate surface area is 154 Å². The topological polar surface area (TPSA) is 157 Å². The number of nitrogens with zero attached hydrogens (tertiary/aromatic N) is 7. The molecule has 0 spiro atoms. The van der Waals surface area contributed by atoms with E-state index < -0.39 is 10.8 Å². The van der Waals surface area contributed by atoms with Crippen LogP contribution in [0.25, 0.3) is 0 Å². The minimum Gasteiger partial charge on any atom is -0.367 e. The zero-order chi connectivity index (χ0) is 19.2. The first-order chi connectivity index (χ1) is 13.0. The van der Waals surface area contributed by atoms with E-state index in [4.69, 9.17) is 5.73 Å². The number of hydrazone groups is 1. The molecular formula is C15H19N9O3. The number of nitro benzene ring substituents is 1. The summed E-state index contributed by atoms with van der Waals surface area (Å²) in [6.45, 7) is 1.43. The van der Waals surface area contributed by atoms with Crippen LogP contribution in [0, 0.1) is 10.1 Å². The number of nitrogens with two attached hydrogens (primary N) is 1. The number of tetrazole rings is 1. The molecule has 0 bridgehead atoms. The molecule has 0 radical (unpaired) electrons. The van der Waals surface area contributed by atoms with Gasteiger partial charge in [0.15, 0.2) is 0 Å². The first kappa shape index (κ1) is 18.2. The summed E-state index contributed by atoms with van der Waals surface area (Å²) >= 11 is 0. The molecule has 12 heteroatoms. The van der Waals surface area contributed by atoms with Crippen LogP contribution in [-0.2, 0) is 11.3 Å². The van der Waals surface area contributed by atoms with Crippen molar-refractivity contribution in [3.63, 3.8) is 0 Å². The van der Waals surface area contributed by atoms with E-state index in [2.05, 4.69) is 26.1 Å². The lowest BCUT2D eigenvalue weighted by atomic mass is 10.1. The van der Waals surface area contributed by atoms with Gasteiger partial charge < -0.3 is 10.6 Å². The van der Waals surface area contributed by atoms with Gasteiger partial charge in [-0.15, -0.1) is 0 Å². The van der Waals surface area contributed by atoms with Crippen LogP contribution in [0.2, 0.25) is 0 Å². The lowest BCUT2D eigenvalue weighted by molar-refractivity contribution is -0.384. The Balaban J connectivity index is 1.66. The highest BCUT2D eigenvalue weighted by Gasteiger charge is 2.21. The number of hydrogen-bond donors (Lipinski definition) is 2. The first-order valence-electron chi connectivity index (χ1n) is 8.41. The number of amides is 1. The molecule has 2 heterocycles. The third-order valence-electron chi connectivity index (χ3n) is 4.15. The maximum atomic E-state index is 11.8. The zero-order valence-corrected chi connectivity index (χ0v) is 14.5. The molecule has 3 N–H and O–H groups in total. The summed E-state index contributed by atoms with van der Waals surface area (Å²) in [4.78, 5) is 24.8. The van der Waals surface area contributed by atoms with Crippen molar-refractivity contribution in [1.29, 1.82) is 0 Å². The van der Waals surface area contributed by atoms with E-state index >= 15 is 0 Å². The van der Waals surface area contributed by atoms with Crippen LogP contribution in [-0.4, -0.2) is 50.3 Å². The standard InChI is InChI=1S/C15H19N9O3/c16-15-19-20-21-23(15)10-14(25)18-17-9-11-4-5-12(13(8-11)24(26)27)22-6-2-1-3-7-22/h4-5,8-9H,1-3,6-7,10H2,(H,18,25)(H2,16,19,21)/b17-9-.